The minimum atomic E-state index is -2.56. The molecule has 0 aliphatic carbocycles. The molecule has 0 atom stereocenters. The lowest BCUT2D eigenvalue weighted by atomic mass is 9.92. The Labute approximate surface area is 231 Å². The molecule has 0 saturated heterocycles. The Morgan fingerprint density at radius 3 is 1.37 bits per heavy atom. The van der Waals surface area contributed by atoms with Crippen LogP contribution in [0.15, 0.2) is 144 Å². The zero-order valence-corrected chi connectivity index (χ0v) is 23.2. The highest BCUT2D eigenvalue weighted by Gasteiger charge is 2.48. The van der Waals surface area contributed by atoms with Gasteiger partial charge in [0.2, 0.25) is 0 Å². The Balaban J connectivity index is 1.63. The summed E-state index contributed by atoms with van der Waals surface area (Å²) in [6, 6.07) is 52.2. The quantitative estimate of drug-likeness (QED) is 0.153. The molecule has 0 amide bonds. The summed E-state index contributed by atoms with van der Waals surface area (Å²) in [6.45, 7) is 0. The van der Waals surface area contributed by atoms with Gasteiger partial charge in [-0.3, -0.25) is 0 Å². The first-order valence-corrected chi connectivity index (χ1v) is 15.9. The van der Waals surface area contributed by atoms with E-state index in [0.29, 0.717) is 0 Å². The fourth-order valence-corrected chi connectivity index (χ4v) is 12.6. The molecule has 0 fully saturated rings. The summed E-state index contributed by atoms with van der Waals surface area (Å²) in [4.78, 5) is 0. The van der Waals surface area contributed by atoms with Crippen molar-refractivity contribution in [2.24, 2.45) is 0 Å². The third-order valence-electron chi connectivity index (χ3n) is 8.38. The number of rotatable bonds is 2. The van der Waals surface area contributed by atoms with Crippen LogP contribution in [0.5, 0.6) is 0 Å². The van der Waals surface area contributed by atoms with Gasteiger partial charge in [0.1, 0.15) is 0 Å². The summed E-state index contributed by atoms with van der Waals surface area (Å²) >= 11 is 3.84. The van der Waals surface area contributed by atoms with E-state index >= 15 is 0 Å². The van der Waals surface area contributed by atoms with Crippen molar-refractivity contribution < 1.29 is 0 Å². The lowest BCUT2D eigenvalue weighted by molar-refractivity contribution is 1.67. The van der Waals surface area contributed by atoms with E-state index in [2.05, 4.69) is 155 Å². The molecule has 178 valence electrons. The predicted molar refractivity (Wildman–Crippen MR) is 169 cm³/mol. The molecule has 0 spiro atoms. The summed E-state index contributed by atoms with van der Waals surface area (Å²) in [5, 5.41) is 13.7. The molecule has 7 aromatic rings. The molecule has 1 aliphatic rings. The number of fused-ring (bicyclic) bond motifs is 9. The van der Waals surface area contributed by atoms with E-state index in [4.69, 9.17) is 0 Å². The maximum Gasteiger partial charge on any atom is 0.180 e. The summed E-state index contributed by atoms with van der Waals surface area (Å²) in [5.41, 5.74) is 2.74. The molecule has 38 heavy (non-hydrogen) atoms. The first-order valence-electron chi connectivity index (χ1n) is 13.1. The third-order valence-corrected chi connectivity index (χ3v) is 13.7. The first kappa shape index (κ1) is 22.0. The smallest absolute Gasteiger partial charge is 0.0623 e. The monoisotopic (exact) mass is 562 g/mol. The summed E-state index contributed by atoms with van der Waals surface area (Å²) in [7, 11) is -2.56. The molecule has 2 heteroatoms. The molecule has 7 aromatic carbocycles. The summed E-state index contributed by atoms with van der Waals surface area (Å²) in [6.07, 6.45) is 0. The highest BCUT2D eigenvalue weighted by molar-refractivity contribution is 9.10. The highest BCUT2D eigenvalue weighted by Crippen LogP contribution is 2.39. The SMILES string of the molecule is Brc1ccc2c(c1)[Si](c1ccccc1)(c1ccccc1)c1cc3c4ccccc4c4ccccc4c3cc1-2. The van der Waals surface area contributed by atoms with Gasteiger partial charge >= 0.3 is 0 Å². The summed E-state index contributed by atoms with van der Waals surface area (Å²) in [5.74, 6) is 0. The molecule has 1 aliphatic heterocycles. The number of hydrogen-bond acceptors (Lipinski definition) is 0. The van der Waals surface area contributed by atoms with E-state index in [0.717, 1.165) is 4.47 Å². The van der Waals surface area contributed by atoms with E-state index in [9.17, 15) is 0 Å². The average Bonchev–Trinajstić information content (AvgIpc) is 3.26. The Kier molecular flexibility index (Phi) is 4.79. The van der Waals surface area contributed by atoms with Gasteiger partial charge in [-0.25, -0.2) is 0 Å². The summed E-state index contributed by atoms with van der Waals surface area (Å²) < 4.78 is 1.13. The molecule has 0 radical (unpaired) electrons. The van der Waals surface area contributed by atoms with E-state index < -0.39 is 8.07 Å². The van der Waals surface area contributed by atoms with Crippen LogP contribution in [0.2, 0.25) is 0 Å². The van der Waals surface area contributed by atoms with Crippen molar-refractivity contribution in [1.29, 1.82) is 0 Å². The van der Waals surface area contributed by atoms with Gasteiger partial charge in [0.25, 0.3) is 0 Å². The minimum absolute atomic E-state index is 1.13. The van der Waals surface area contributed by atoms with Gasteiger partial charge in [0.05, 0.1) is 0 Å². The molecule has 0 N–H and O–H groups in total. The Morgan fingerprint density at radius 2 is 0.816 bits per heavy atom. The van der Waals surface area contributed by atoms with Crippen LogP contribution in [-0.4, -0.2) is 8.07 Å². The van der Waals surface area contributed by atoms with Gasteiger partial charge < -0.3 is 0 Å². The fraction of sp³-hybridized carbons (Fsp3) is 0. The lowest BCUT2D eigenvalue weighted by Crippen LogP contribution is -2.72. The van der Waals surface area contributed by atoms with Crippen LogP contribution in [0.4, 0.5) is 0 Å². The zero-order chi connectivity index (χ0) is 25.3. The number of halogens is 1. The van der Waals surface area contributed by atoms with Crippen molar-refractivity contribution in [1.82, 2.24) is 0 Å². The van der Waals surface area contributed by atoms with Crippen LogP contribution in [0.3, 0.4) is 0 Å². The van der Waals surface area contributed by atoms with Crippen LogP contribution in [-0.2, 0) is 0 Å². The number of benzene rings is 7. The van der Waals surface area contributed by atoms with Crippen LogP contribution < -0.4 is 20.7 Å². The number of hydrogen-bond donors (Lipinski definition) is 0. The molecule has 0 aromatic heterocycles. The topological polar surface area (TPSA) is 0 Å². The predicted octanol–water partition coefficient (Wildman–Crippen LogP) is 7.27. The fourth-order valence-electron chi connectivity index (χ4n) is 6.86. The molecular formula is C36H23BrSi. The zero-order valence-electron chi connectivity index (χ0n) is 20.7. The van der Waals surface area contributed by atoms with Gasteiger partial charge in [0, 0.05) is 4.47 Å². The van der Waals surface area contributed by atoms with Crippen molar-refractivity contribution in [2.75, 3.05) is 0 Å². The maximum atomic E-state index is 3.84. The van der Waals surface area contributed by atoms with E-state index in [1.54, 1.807) is 0 Å². The normalized spacial score (nSPS) is 13.6. The molecule has 0 saturated carbocycles. The standard InChI is InChI=1S/C36H23BrSi/c37-24-19-20-31-34-22-32-29-17-9-7-15-27(29)28-16-8-10-18-30(28)33(32)23-36(34)38(35(31)21-24,25-11-3-1-4-12-25)26-13-5-2-6-14-26/h1-23H. The molecular weight excluding hydrogens is 540 g/mol. The lowest BCUT2D eigenvalue weighted by Gasteiger charge is -2.31. The van der Waals surface area contributed by atoms with Crippen LogP contribution in [0, 0.1) is 0 Å². The minimum Gasteiger partial charge on any atom is -0.0623 e. The Bertz CT molecular complexity index is 1990. The van der Waals surface area contributed by atoms with E-state index in [-0.39, 0.29) is 0 Å². The largest absolute Gasteiger partial charge is 0.180 e. The average molecular weight is 564 g/mol. The van der Waals surface area contributed by atoms with Crippen LogP contribution in [0.25, 0.3) is 43.4 Å². The van der Waals surface area contributed by atoms with E-state index in [1.165, 1.54) is 64.2 Å². The first-order chi connectivity index (χ1) is 18.8. The third kappa shape index (κ3) is 2.90. The Morgan fingerprint density at radius 1 is 0.368 bits per heavy atom. The molecule has 8 rings (SSSR count). The molecule has 0 nitrogen and oxygen atoms in total. The highest BCUT2D eigenvalue weighted by atomic mass is 79.9. The van der Waals surface area contributed by atoms with Crippen molar-refractivity contribution in [2.45, 2.75) is 0 Å². The molecule has 0 unspecified atom stereocenters. The van der Waals surface area contributed by atoms with Crippen molar-refractivity contribution in [3.63, 3.8) is 0 Å². The van der Waals surface area contributed by atoms with Crippen LogP contribution >= 0.6 is 15.9 Å². The van der Waals surface area contributed by atoms with Crippen molar-refractivity contribution >= 4 is 77.1 Å². The second-order valence-corrected chi connectivity index (χ2v) is 14.9. The van der Waals surface area contributed by atoms with Crippen molar-refractivity contribution in [3.8, 4) is 11.1 Å². The Hall–Kier alpha value is -3.98. The molecule has 0 bridgehead atoms. The van der Waals surface area contributed by atoms with Gasteiger partial charge in [-0.05, 0) is 82.4 Å². The van der Waals surface area contributed by atoms with Gasteiger partial charge in [-0.1, -0.05) is 137 Å². The van der Waals surface area contributed by atoms with Gasteiger partial charge in [-0.15, -0.1) is 0 Å². The maximum absolute atomic E-state index is 3.84. The van der Waals surface area contributed by atoms with Gasteiger partial charge in [-0.2, -0.15) is 0 Å². The second kappa shape index (κ2) is 8.26. The van der Waals surface area contributed by atoms with Crippen LogP contribution in [0.1, 0.15) is 0 Å². The van der Waals surface area contributed by atoms with Gasteiger partial charge in [0.15, 0.2) is 8.07 Å². The van der Waals surface area contributed by atoms with Crippen molar-refractivity contribution in [3.05, 3.63) is 144 Å². The molecule has 1 heterocycles. The second-order valence-electron chi connectivity index (χ2n) is 10.2. The van der Waals surface area contributed by atoms with E-state index in [1.807, 2.05) is 0 Å².